The molecule has 0 aliphatic rings. The normalized spacial score (nSPS) is 12.0. The smallest absolute Gasteiger partial charge is 0.325 e. The van der Waals surface area contributed by atoms with Crippen molar-refractivity contribution in [2.45, 2.75) is 52.1 Å². The summed E-state index contributed by atoms with van der Waals surface area (Å²) in [5, 5.41) is 8.50. The molecule has 0 amide bonds. The highest BCUT2D eigenvalue weighted by molar-refractivity contribution is 7.51. The van der Waals surface area contributed by atoms with E-state index >= 15 is 0 Å². The van der Waals surface area contributed by atoms with Crippen LogP contribution in [0.4, 0.5) is 11.4 Å². The van der Waals surface area contributed by atoms with Gasteiger partial charge in [-0.15, -0.1) is 0 Å². The molecule has 2 rings (SSSR count). The van der Waals surface area contributed by atoms with E-state index in [0.29, 0.717) is 6.42 Å². The summed E-state index contributed by atoms with van der Waals surface area (Å²) in [5.41, 5.74) is 2.64. The number of hydrogen-bond donors (Lipinski definition) is 2. The predicted molar refractivity (Wildman–Crippen MR) is 112 cm³/mol. The molecule has 0 unspecified atom stereocenters. The molecular formula is C21H29N2O4P. The van der Waals surface area contributed by atoms with Crippen LogP contribution in [-0.2, 0) is 11.0 Å². The van der Waals surface area contributed by atoms with Crippen LogP contribution >= 0.6 is 7.60 Å². The minimum absolute atomic E-state index is 0.0549. The van der Waals surface area contributed by atoms with Crippen LogP contribution < -0.4 is 4.74 Å². The molecule has 0 atom stereocenters. The van der Waals surface area contributed by atoms with Gasteiger partial charge in [0, 0.05) is 6.16 Å². The Hall–Kier alpha value is -2.01. The van der Waals surface area contributed by atoms with Crippen LogP contribution in [0.25, 0.3) is 0 Å². The molecular weight excluding hydrogens is 375 g/mol. The van der Waals surface area contributed by atoms with Crippen molar-refractivity contribution in [3.05, 3.63) is 54.1 Å². The molecule has 0 radical (unpaired) electrons. The van der Waals surface area contributed by atoms with E-state index in [0.717, 1.165) is 48.4 Å². The van der Waals surface area contributed by atoms with E-state index < -0.39 is 7.60 Å². The Bertz CT molecular complexity index is 781. The Morgan fingerprint density at radius 2 is 1.43 bits per heavy atom. The van der Waals surface area contributed by atoms with E-state index in [2.05, 4.69) is 24.1 Å². The van der Waals surface area contributed by atoms with Crippen LogP contribution in [0.5, 0.6) is 5.75 Å². The van der Waals surface area contributed by atoms with Gasteiger partial charge in [-0.2, -0.15) is 10.2 Å². The molecule has 28 heavy (non-hydrogen) atoms. The maximum atomic E-state index is 10.8. The fourth-order valence-electron chi connectivity index (χ4n) is 2.73. The van der Waals surface area contributed by atoms with Gasteiger partial charge in [-0.25, -0.2) is 0 Å². The number of benzene rings is 2. The second-order valence-electron chi connectivity index (χ2n) is 6.76. The monoisotopic (exact) mass is 404 g/mol. The predicted octanol–water partition coefficient (Wildman–Crippen LogP) is 6.17. The molecule has 0 bridgehead atoms. The van der Waals surface area contributed by atoms with Gasteiger partial charge in [0.15, 0.2) is 0 Å². The largest absolute Gasteiger partial charge is 0.490 e. The third-order valence-corrected chi connectivity index (χ3v) is 5.33. The van der Waals surface area contributed by atoms with E-state index in [9.17, 15) is 4.57 Å². The van der Waals surface area contributed by atoms with Gasteiger partial charge in [-0.1, -0.05) is 26.0 Å². The average molecular weight is 404 g/mol. The van der Waals surface area contributed by atoms with Crippen LogP contribution in [0.15, 0.2) is 58.8 Å². The van der Waals surface area contributed by atoms with Gasteiger partial charge >= 0.3 is 7.60 Å². The molecule has 2 N–H and O–H groups in total. The molecule has 0 aromatic heterocycles. The van der Waals surface area contributed by atoms with Crippen LogP contribution in [0, 0.1) is 0 Å². The van der Waals surface area contributed by atoms with E-state index in [1.165, 1.54) is 0 Å². The topological polar surface area (TPSA) is 91.5 Å². The molecule has 0 aliphatic heterocycles. The molecule has 7 heteroatoms. The molecule has 2 aromatic carbocycles. The second-order valence-corrected chi connectivity index (χ2v) is 8.54. The number of rotatable bonds is 11. The van der Waals surface area contributed by atoms with Gasteiger partial charge in [0.25, 0.3) is 0 Å². The second kappa shape index (κ2) is 11.1. The van der Waals surface area contributed by atoms with Crippen molar-refractivity contribution in [2.24, 2.45) is 10.2 Å². The van der Waals surface area contributed by atoms with Crippen molar-refractivity contribution < 1.29 is 19.1 Å². The van der Waals surface area contributed by atoms with Crippen molar-refractivity contribution >= 4 is 19.0 Å². The quantitative estimate of drug-likeness (QED) is 0.266. The molecule has 0 heterocycles. The lowest BCUT2D eigenvalue weighted by Gasteiger charge is -2.15. The Morgan fingerprint density at radius 3 is 1.93 bits per heavy atom. The van der Waals surface area contributed by atoms with Crippen LogP contribution in [0.3, 0.4) is 0 Å². The Balaban J connectivity index is 1.84. The molecule has 0 spiro atoms. The van der Waals surface area contributed by atoms with Crippen molar-refractivity contribution in [1.82, 2.24) is 0 Å². The number of nitrogens with zero attached hydrogens (tertiary/aromatic N) is 2. The molecule has 0 saturated carbocycles. The first-order valence-corrected chi connectivity index (χ1v) is 11.5. The SMILES string of the molecule is CCC(CC)Oc1ccc(N=Nc2ccc(CCCCP(=O)(O)O)cc2)cc1. The van der Waals surface area contributed by atoms with Gasteiger partial charge < -0.3 is 14.5 Å². The lowest BCUT2D eigenvalue weighted by molar-refractivity contribution is 0.193. The van der Waals surface area contributed by atoms with E-state index in [4.69, 9.17) is 14.5 Å². The van der Waals surface area contributed by atoms with Crippen LogP contribution in [0.2, 0.25) is 0 Å². The molecule has 0 aliphatic carbocycles. The summed E-state index contributed by atoms with van der Waals surface area (Å²) < 4.78 is 16.7. The maximum absolute atomic E-state index is 10.8. The van der Waals surface area contributed by atoms with Crippen molar-refractivity contribution in [1.29, 1.82) is 0 Å². The first-order chi connectivity index (χ1) is 13.4. The lowest BCUT2D eigenvalue weighted by Crippen LogP contribution is -2.13. The van der Waals surface area contributed by atoms with E-state index in [1.807, 2.05) is 48.5 Å². The Labute approximate surface area is 166 Å². The molecule has 6 nitrogen and oxygen atoms in total. The zero-order chi connectivity index (χ0) is 20.4. The first-order valence-electron chi connectivity index (χ1n) is 9.71. The Morgan fingerprint density at radius 1 is 0.893 bits per heavy atom. The summed E-state index contributed by atoms with van der Waals surface area (Å²) in [7, 11) is -3.88. The zero-order valence-electron chi connectivity index (χ0n) is 16.5. The van der Waals surface area contributed by atoms with Gasteiger partial charge in [-0.05, 0) is 74.1 Å². The van der Waals surface area contributed by atoms with Crippen molar-refractivity contribution in [3.8, 4) is 5.75 Å². The summed E-state index contributed by atoms with van der Waals surface area (Å²) >= 11 is 0. The number of aryl methyl sites for hydroxylation is 1. The average Bonchev–Trinajstić information content (AvgIpc) is 2.69. The summed E-state index contributed by atoms with van der Waals surface area (Å²) in [5.74, 6) is 0.843. The highest BCUT2D eigenvalue weighted by Crippen LogP contribution is 2.35. The van der Waals surface area contributed by atoms with Crippen molar-refractivity contribution in [3.63, 3.8) is 0 Å². The number of hydrogen-bond acceptors (Lipinski definition) is 4. The number of azo groups is 1. The fourth-order valence-corrected chi connectivity index (χ4v) is 3.37. The molecule has 152 valence electrons. The zero-order valence-corrected chi connectivity index (χ0v) is 17.4. The van der Waals surface area contributed by atoms with Gasteiger partial charge in [0.1, 0.15) is 5.75 Å². The van der Waals surface area contributed by atoms with Crippen molar-refractivity contribution in [2.75, 3.05) is 6.16 Å². The standard InChI is InChI=1S/C21H29N2O4P/c1-3-20(4-2)27-21-14-12-19(13-15-21)23-22-18-10-8-17(9-11-18)7-5-6-16-28(24,25)26/h8-15,20H,3-7,16H2,1-2H3,(H2,24,25,26). The van der Waals surface area contributed by atoms with Crippen LogP contribution in [-0.4, -0.2) is 22.1 Å². The number of unbranched alkanes of at least 4 members (excludes halogenated alkanes) is 1. The highest BCUT2D eigenvalue weighted by Gasteiger charge is 2.11. The Kier molecular flexibility index (Phi) is 8.84. The van der Waals surface area contributed by atoms with Gasteiger partial charge in [-0.3, -0.25) is 4.57 Å². The summed E-state index contributed by atoms with van der Waals surface area (Å²) in [6.07, 6.45) is 4.20. The van der Waals surface area contributed by atoms with Crippen LogP contribution in [0.1, 0.15) is 45.1 Å². The summed E-state index contributed by atoms with van der Waals surface area (Å²) in [6, 6.07) is 15.3. The minimum Gasteiger partial charge on any atom is -0.490 e. The van der Waals surface area contributed by atoms with E-state index in [-0.39, 0.29) is 12.3 Å². The van der Waals surface area contributed by atoms with Gasteiger partial charge in [0.05, 0.1) is 17.5 Å². The minimum atomic E-state index is -3.88. The summed E-state index contributed by atoms with van der Waals surface area (Å²) in [6.45, 7) is 4.23. The fraction of sp³-hybridized carbons (Fsp3) is 0.429. The first kappa shape index (κ1) is 22.3. The maximum Gasteiger partial charge on any atom is 0.325 e. The lowest BCUT2D eigenvalue weighted by atomic mass is 10.1. The van der Waals surface area contributed by atoms with Gasteiger partial charge in [0.2, 0.25) is 0 Å². The van der Waals surface area contributed by atoms with E-state index in [1.54, 1.807) is 0 Å². The third kappa shape index (κ3) is 8.34. The number of ether oxygens (including phenoxy) is 1. The molecule has 0 fully saturated rings. The third-order valence-electron chi connectivity index (χ3n) is 4.43. The molecule has 2 aromatic rings. The summed E-state index contributed by atoms with van der Waals surface area (Å²) in [4.78, 5) is 17.7. The molecule has 0 saturated heterocycles. The highest BCUT2D eigenvalue weighted by atomic mass is 31.2.